The third-order valence-corrected chi connectivity index (χ3v) is 7.38. The molecular formula is C30H36ClN5. The molecule has 1 aliphatic rings. The number of allylic oxidation sites excluding steroid dienone is 4. The molecule has 2 aromatic carbocycles. The molecule has 0 radical (unpaired) electrons. The Balaban J connectivity index is 1.98. The van der Waals surface area contributed by atoms with E-state index in [0.29, 0.717) is 0 Å². The molecule has 0 bridgehead atoms. The third kappa shape index (κ3) is 4.72. The number of aromatic nitrogens is 3. The van der Waals surface area contributed by atoms with Crippen LogP contribution in [0.25, 0.3) is 11.3 Å². The summed E-state index contributed by atoms with van der Waals surface area (Å²) in [5, 5.41) is 13.0. The molecule has 2 atom stereocenters. The SMILES string of the molecule is C=C/C=C\C(Cl)=C(/C(C)CC)C(c1ccccc1)N1c2cc(-c3c(C)nnn3C)ccc2NC1(C)C. The van der Waals surface area contributed by atoms with Gasteiger partial charge in [0.2, 0.25) is 0 Å². The second kappa shape index (κ2) is 10.4. The van der Waals surface area contributed by atoms with Gasteiger partial charge in [0.25, 0.3) is 0 Å². The van der Waals surface area contributed by atoms with E-state index >= 15 is 0 Å². The van der Waals surface area contributed by atoms with Crippen molar-refractivity contribution < 1.29 is 0 Å². The molecule has 0 spiro atoms. The number of aryl methyl sites for hydroxylation is 2. The van der Waals surface area contributed by atoms with Crippen LogP contribution in [0.1, 0.15) is 51.4 Å². The summed E-state index contributed by atoms with van der Waals surface area (Å²) in [6.07, 6.45) is 6.61. The van der Waals surface area contributed by atoms with Gasteiger partial charge in [-0.05, 0) is 62.5 Å². The molecular weight excluding hydrogens is 466 g/mol. The van der Waals surface area contributed by atoms with Gasteiger partial charge in [-0.25, -0.2) is 4.68 Å². The van der Waals surface area contributed by atoms with E-state index in [0.717, 1.165) is 39.8 Å². The first-order chi connectivity index (χ1) is 17.2. The van der Waals surface area contributed by atoms with E-state index in [1.807, 2.05) is 30.8 Å². The highest BCUT2D eigenvalue weighted by Crippen LogP contribution is 2.50. The van der Waals surface area contributed by atoms with Gasteiger partial charge in [-0.15, -0.1) is 5.10 Å². The molecule has 2 heterocycles. The van der Waals surface area contributed by atoms with Gasteiger partial charge >= 0.3 is 0 Å². The molecule has 36 heavy (non-hydrogen) atoms. The van der Waals surface area contributed by atoms with Crippen molar-refractivity contribution in [1.82, 2.24) is 15.0 Å². The summed E-state index contributed by atoms with van der Waals surface area (Å²) < 4.78 is 1.84. The molecule has 0 saturated carbocycles. The number of fused-ring (bicyclic) bond motifs is 1. The van der Waals surface area contributed by atoms with Crippen LogP contribution < -0.4 is 10.2 Å². The Bertz CT molecular complexity index is 1280. The highest BCUT2D eigenvalue weighted by atomic mass is 35.5. The van der Waals surface area contributed by atoms with Gasteiger partial charge in [0.1, 0.15) is 5.66 Å². The molecule has 188 valence electrons. The summed E-state index contributed by atoms with van der Waals surface area (Å²) in [5.74, 6) is 0.267. The molecule has 2 unspecified atom stereocenters. The van der Waals surface area contributed by atoms with Crippen molar-refractivity contribution >= 4 is 23.0 Å². The van der Waals surface area contributed by atoms with Crippen molar-refractivity contribution in [2.45, 2.75) is 52.7 Å². The lowest BCUT2D eigenvalue weighted by molar-refractivity contribution is 0.470. The molecule has 0 aliphatic carbocycles. The standard InChI is InChI=1S/C30H36ClN5/c1-8-10-16-24(31)27(20(3)9-2)29(22-14-12-11-13-15-22)36-26-19-23(28-21(4)33-34-35(28)7)17-18-25(26)32-30(36,5)6/h8,10-20,29,32H,1,9H2,2-7H3/b16-10-,27-24-. The van der Waals surface area contributed by atoms with Crippen molar-refractivity contribution in [3.63, 3.8) is 0 Å². The smallest absolute Gasteiger partial charge is 0.105 e. The lowest BCUT2D eigenvalue weighted by Crippen LogP contribution is -2.48. The third-order valence-electron chi connectivity index (χ3n) is 7.03. The normalized spacial score (nSPS) is 16.9. The quantitative estimate of drug-likeness (QED) is 0.320. The maximum atomic E-state index is 7.07. The van der Waals surface area contributed by atoms with Crippen molar-refractivity contribution in [3.8, 4) is 11.3 Å². The van der Waals surface area contributed by atoms with Gasteiger partial charge in [0.15, 0.2) is 0 Å². The fourth-order valence-corrected chi connectivity index (χ4v) is 5.56. The summed E-state index contributed by atoms with van der Waals surface area (Å²) in [6.45, 7) is 14.8. The second-order valence-corrected chi connectivity index (χ2v) is 10.4. The number of halogens is 1. The number of nitrogens with zero attached hydrogens (tertiary/aromatic N) is 4. The first-order valence-corrected chi connectivity index (χ1v) is 12.9. The second-order valence-electron chi connectivity index (χ2n) is 9.95. The van der Waals surface area contributed by atoms with Crippen LogP contribution in [0.4, 0.5) is 11.4 Å². The van der Waals surface area contributed by atoms with Crippen LogP contribution in [0, 0.1) is 12.8 Å². The fourth-order valence-electron chi connectivity index (χ4n) is 5.20. The Morgan fingerprint density at radius 1 is 1.19 bits per heavy atom. The highest BCUT2D eigenvalue weighted by Gasteiger charge is 2.43. The van der Waals surface area contributed by atoms with Crippen molar-refractivity contribution in [2.75, 3.05) is 10.2 Å². The van der Waals surface area contributed by atoms with Gasteiger partial charge in [0.05, 0.1) is 28.8 Å². The first kappa shape index (κ1) is 25.8. The zero-order valence-corrected chi connectivity index (χ0v) is 22.8. The molecule has 1 aromatic heterocycles. The molecule has 0 amide bonds. The molecule has 0 saturated heterocycles. The van der Waals surface area contributed by atoms with Gasteiger partial charge in [-0.3, -0.25) is 0 Å². The summed E-state index contributed by atoms with van der Waals surface area (Å²) >= 11 is 7.07. The van der Waals surface area contributed by atoms with Crippen LogP contribution in [-0.2, 0) is 7.05 Å². The van der Waals surface area contributed by atoms with Crippen LogP contribution in [0.3, 0.4) is 0 Å². The minimum Gasteiger partial charge on any atom is -0.361 e. The van der Waals surface area contributed by atoms with E-state index in [4.69, 9.17) is 11.6 Å². The Kier molecular flexibility index (Phi) is 7.41. The number of hydrogen-bond acceptors (Lipinski definition) is 4. The van der Waals surface area contributed by atoms with Gasteiger partial charge < -0.3 is 10.2 Å². The maximum absolute atomic E-state index is 7.07. The van der Waals surface area contributed by atoms with Crippen LogP contribution in [0.2, 0.25) is 0 Å². The number of anilines is 2. The van der Waals surface area contributed by atoms with Crippen molar-refractivity contribution in [2.24, 2.45) is 13.0 Å². The first-order valence-electron chi connectivity index (χ1n) is 12.5. The Morgan fingerprint density at radius 3 is 2.53 bits per heavy atom. The van der Waals surface area contributed by atoms with E-state index in [2.05, 4.69) is 103 Å². The highest BCUT2D eigenvalue weighted by molar-refractivity contribution is 6.31. The molecule has 0 fully saturated rings. The zero-order chi connectivity index (χ0) is 26.0. The van der Waals surface area contributed by atoms with Crippen molar-refractivity contribution in [1.29, 1.82) is 0 Å². The van der Waals surface area contributed by atoms with Gasteiger partial charge in [-0.2, -0.15) is 0 Å². The average Bonchev–Trinajstić information content (AvgIpc) is 3.34. The lowest BCUT2D eigenvalue weighted by atomic mass is 9.85. The monoisotopic (exact) mass is 501 g/mol. The predicted octanol–water partition coefficient (Wildman–Crippen LogP) is 7.78. The summed E-state index contributed by atoms with van der Waals surface area (Å²) in [7, 11) is 1.94. The predicted molar refractivity (Wildman–Crippen MR) is 152 cm³/mol. The number of hydrogen-bond donors (Lipinski definition) is 1. The Hall–Kier alpha value is -3.31. The average molecular weight is 502 g/mol. The maximum Gasteiger partial charge on any atom is 0.105 e. The van der Waals surface area contributed by atoms with Gasteiger partial charge in [-0.1, -0.05) is 85.8 Å². The van der Waals surface area contributed by atoms with Crippen LogP contribution in [0.5, 0.6) is 0 Å². The molecule has 1 N–H and O–H groups in total. The van der Waals surface area contributed by atoms with Crippen LogP contribution >= 0.6 is 11.6 Å². The minimum atomic E-state index is -0.362. The summed E-state index contributed by atoms with van der Waals surface area (Å²) in [6, 6.07) is 17.1. The minimum absolute atomic E-state index is 0.0760. The summed E-state index contributed by atoms with van der Waals surface area (Å²) in [5.41, 5.74) is 7.26. The molecule has 5 nitrogen and oxygen atoms in total. The van der Waals surface area contributed by atoms with E-state index in [1.54, 1.807) is 6.08 Å². The number of nitrogens with one attached hydrogen (secondary N) is 1. The van der Waals surface area contributed by atoms with E-state index < -0.39 is 0 Å². The van der Waals surface area contributed by atoms with E-state index in [1.165, 1.54) is 11.1 Å². The van der Waals surface area contributed by atoms with Crippen molar-refractivity contribution in [3.05, 3.63) is 95.2 Å². The van der Waals surface area contributed by atoms with Crippen LogP contribution in [0.15, 0.2) is 83.9 Å². The number of rotatable bonds is 8. The molecule has 1 aliphatic heterocycles. The van der Waals surface area contributed by atoms with E-state index in [9.17, 15) is 0 Å². The lowest BCUT2D eigenvalue weighted by Gasteiger charge is -2.43. The van der Waals surface area contributed by atoms with Gasteiger partial charge in [0, 0.05) is 17.6 Å². The topological polar surface area (TPSA) is 46.0 Å². The molecule has 6 heteroatoms. The Morgan fingerprint density at radius 2 is 1.92 bits per heavy atom. The van der Waals surface area contributed by atoms with Crippen LogP contribution in [-0.4, -0.2) is 20.7 Å². The number of benzene rings is 2. The fraction of sp³-hybridized carbons (Fsp3) is 0.333. The zero-order valence-electron chi connectivity index (χ0n) is 22.1. The molecule has 3 aromatic rings. The van der Waals surface area contributed by atoms with E-state index in [-0.39, 0.29) is 17.6 Å². The summed E-state index contributed by atoms with van der Waals surface area (Å²) in [4.78, 5) is 2.48. The Labute approximate surface area is 220 Å². The largest absolute Gasteiger partial charge is 0.361 e. The molecule has 4 rings (SSSR count).